The highest BCUT2D eigenvalue weighted by Crippen LogP contribution is 2.49. The van der Waals surface area contributed by atoms with Crippen LogP contribution in [0.3, 0.4) is 0 Å². The van der Waals surface area contributed by atoms with Crippen LogP contribution in [0.15, 0.2) is 24.3 Å². The molecular weight excluding hydrogens is 318 g/mol. The molecular formula is C20H27NO4. The summed E-state index contributed by atoms with van der Waals surface area (Å²) in [7, 11) is 2.97. The van der Waals surface area contributed by atoms with Crippen LogP contribution in [0.4, 0.5) is 0 Å². The second kappa shape index (κ2) is 7.89. The van der Waals surface area contributed by atoms with Crippen LogP contribution in [0.1, 0.15) is 50.1 Å². The summed E-state index contributed by atoms with van der Waals surface area (Å²) in [6.45, 7) is 0. The van der Waals surface area contributed by atoms with Gasteiger partial charge in [-0.3, -0.25) is 9.59 Å². The minimum absolute atomic E-state index is 0.0299. The summed E-state index contributed by atoms with van der Waals surface area (Å²) < 4.78 is 9.96. The molecule has 5 nitrogen and oxygen atoms in total. The van der Waals surface area contributed by atoms with Crippen molar-refractivity contribution in [1.29, 1.82) is 0 Å². The topological polar surface area (TPSA) is 64.6 Å². The van der Waals surface area contributed by atoms with Gasteiger partial charge in [0.1, 0.15) is 5.75 Å². The maximum atomic E-state index is 12.6. The Bertz CT molecular complexity index is 613. The molecule has 0 aliphatic heterocycles. The third-order valence-electron chi connectivity index (χ3n) is 5.78. The van der Waals surface area contributed by atoms with E-state index in [1.54, 1.807) is 7.11 Å². The van der Waals surface area contributed by atoms with E-state index in [1.807, 2.05) is 24.3 Å². The number of carbonyl (C=O) groups excluding carboxylic acids is 2. The molecule has 2 bridgehead atoms. The smallest absolute Gasteiger partial charge is 0.307 e. The van der Waals surface area contributed by atoms with Gasteiger partial charge in [0.15, 0.2) is 0 Å². The first-order valence-corrected chi connectivity index (χ1v) is 9.09. The van der Waals surface area contributed by atoms with Crippen molar-refractivity contribution in [1.82, 2.24) is 5.32 Å². The van der Waals surface area contributed by atoms with Crippen LogP contribution in [0.25, 0.3) is 0 Å². The van der Waals surface area contributed by atoms with E-state index in [0.29, 0.717) is 12.3 Å². The van der Waals surface area contributed by atoms with Gasteiger partial charge in [-0.05, 0) is 54.7 Å². The van der Waals surface area contributed by atoms with Gasteiger partial charge in [-0.25, -0.2) is 0 Å². The molecule has 1 aromatic carbocycles. The number of rotatable bonds is 7. The molecule has 2 saturated carbocycles. The number of carbonyl (C=O) groups is 2. The van der Waals surface area contributed by atoms with Crippen molar-refractivity contribution >= 4 is 11.9 Å². The average molecular weight is 345 g/mol. The first-order chi connectivity index (χ1) is 12.1. The Morgan fingerprint density at radius 1 is 1.16 bits per heavy atom. The first-order valence-electron chi connectivity index (χ1n) is 9.09. The minimum Gasteiger partial charge on any atom is -0.497 e. The summed E-state index contributed by atoms with van der Waals surface area (Å²) >= 11 is 0. The number of esters is 1. The molecule has 1 N–H and O–H groups in total. The Balaban J connectivity index is 1.63. The summed E-state index contributed by atoms with van der Waals surface area (Å²) in [5.41, 5.74) is 0.882. The van der Waals surface area contributed by atoms with Gasteiger partial charge in [0.2, 0.25) is 5.91 Å². The number of ether oxygens (including phenoxy) is 2. The van der Waals surface area contributed by atoms with E-state index in [4.69, 9.17) is 9.47 Å². The number of methoxy groups -OCH3 is 2. The highest BCUT2D eigenvalue weighted by Gasteiger charge is 2.40. The van der Waals surface area contributed by atoms with Gasteiger partial charge < -0.3 is 14.8 Å². The molecule has 0 spiro atoms. The van der Waals surface area contributed by atoms with Crippen molar-refractivity contribution in [2.75, 3.05) is 14.2 Å². The third kappa shape index (κ3) is 4.33. The lowest BCUT2D eigenvalue weighted by Crippen LogP contribution is -2.32. The molecule has 2 aliphatic carbocycles. The quantitative estimate of drug-likeness (QED) is 0.771. The lowest BCUT2D eigenvalue weighted by molar-refractivity contribution is -0.141. The third-order valence-corrected chi connectivity index (χ3v) is 5.78. The van der Waals surface area contributed by atoms with Crippen molar-refractivity contribution < 1.29 is 19.1 Å². The highest BCUT2D eigenvalue weighted by molar-refractivity contribution is 5.78. The molecule has 0 heterocycles. The summed E-state index contributed by atoms with van der Waals surface area (Å²) in [6.07, 6.45) is 5.77. The van der Waals surface area contributed by atoms with E-state index in [1.165, 1.54) is 32.8 Å². The van der Waals surface area contributed by atoms with E-state index in [9.17, 15) is 9.59 Å². The molecule has 5 heteroatoms. The molecule has 3 rings (SSSR count). The second-order valence-electron chi connectivity index (χ2n) is 7.31. The predicted molar refractivity (Wildman–Crippen MR) is 94.1 cm³/mol. The molecule has 4 atom stereocenters. The van der Waals surface area contributed by atoms with Crippen molar-refractivity contribution in [3.63, 3.8) is 0 Å². The first kappa shape index (κ1) is 17.8. The number of hydrogen-bond acceptors (Lipinski definition) is 4. The van der Waals surface area contributed by atoms with Crippen LogP contribution < -0.4 is 10.1 Å². The van der Waals surface area contributed by atoms with E-state index >= 15 is 0 Å². The number of amides is 1. The largest absolute Gasteiger partial charge is 0.497 e. The number of hydrogen-bond donors (Lipinski definition) is 1. The van der Waals surface area contributed by atoms with E-state index in [0.717, 1.165) is 23.1 Å². The van der Waals surface area contributed by atoms with Gasteiger partial charge in [-0.1, -0.05) is 18.6 Å². The van der Waals surface area contributed by atoms with Crippen molar-refractivity contribution in [3.8, 4) is 5.75 Å². The van der Waals surface area contributed by atoms with Crippen LogP contribution in [-0.4, -0.2) is 26.1 Å². The molecule has 136 valence electrons. The highest BCUT2D eigenvalue weighted by atomic mass is 16.5. The molecule has 4 unspecified atom stereocenters. The van der Waals surface area contributed by atoms with Gasteiger partial charge in [-0.15, -0.1) is 0 Å². The molecule has 1 aromatic rings. The fourth-order valence-corrected chi connectivity index (χ4v) is 4.46. The zero-order valence-electron chi connectivity index (χ0n) is 15.0. The fraction of sp³-hybridized carbons (Fsp3) is 0.600. The van der Waals surface area contributed by atoms with Crippen molar-refractivity contribution in [3.05, 3.63) is 29.8 Å². The average Bonchev–Trinajstić information content (AvgIpc) is 3.24. The standard InChI is InChI=1S/C20H27NO4/c1-24-17-7-5-14(6-8-17)18(12-20(23)25-2)21-19(22)11-16-10-13-3-4-15(16)9-13/h5-8,13,15-16,18H,3-4,9-12H2,1-2H3,(H,21,22). The number of nitrogens with one attached hydrogen (secondary N) is 1. The van der Waals surface area contributed by atoms with Crippen molar-refractivity contribution in [2.45, 2.75) is 44.6 Å². The van der Waals surface area contributed by atoms with E-state index < -0.39 is 0 Å². The predicted octanol–water partition coefficient (Wildman–Crippen LogP) is 3.24. The fourth-order valence-electron chi connectivity index (χ4n) is 4.46. The second-order valence-corrected chi connectivity index (χ2v) is 7.31. The lowest BCUT2D eigenvalue weighted by atomic mass is 9.86. The Hall–Kier alpha value is -2.04. The Labute approximate surface area is 149 Å². The Kier molecular flexibility index (Phi) is 5.61. The van der Waals surface area contributed by atoms with Gasteiger partial charge >= 0.3 is 5.97 Å². The van der Waals surface area contributed by atoms with Gasteiger partial charge in [0.25, 0.3) is 0 Å². The van der Waals surface area contributed by atoms with Gasteiger partial charge in [0.05, 0.1) is 26.7 Å². The molecule has 1 amide bonds. The van der Waals surface area contributed by atoms with Gasteiger partial charge in [0, 0.05) is 6.42 Å². The monoisotopic (exact) mass is 345 g/mol. The number of benzene rings is 1. The minimum atomic E-state index is -0.371. The summed E-state index contributed by atoms with van der Waals surface area (Å²) in [5.74, 6) is 2.50. The summed E-state index contributed by atoms with van der Waals surface area (Å²) in [6, 6.07) is 7.06. The van der Waals surface area contributed by atoms with Gasteiger partial charge in [-0.2, -0.15) is 0 Å². The SMILES string of the molecule is COC(=O)CC(NC(=O)CC1CC2CCC1C2)c1ccc(OC)cc1. The lowest BCUT2D eigenvalue weighted by Gasteiger charge is -2.23. The summed E-state index contributed by atoms with van der Waals surface area (Å²) in [5, 5.41) is 3.04. The molecule has 25 heavy (non-hydrogen) atoms. The van der Waals surface area contributed by atoms with Crippen LogP contribution in [-0.2, 0) is 14.3 Å². The Morgan fingerprint density at radius 3 is 2.48 bits per heavy atom. The summed E-state index contributed by atoms with van der Waals surface area (Å²) in [4.78, 5) is 24.3. The van der Waals surface area contributed by atoms with Crippen LogP contribution in [0.5, 0.6) is 5.75 Å². The molecule has 2 fully saturated rings. The van der Waals surface area contributed by atoms with Crippen molar-refractivity contribution in [2.24, 2.45) is 17.8 Å². The normalized spacial score (nSPS) is 25.4. The zero-order valence-corrected chi connectivity index (χ0v) is 15.0. The van der Waals surface area contributed by atoms with Crippen LogP contribution in [0, 0.1) is 17.8 Å². The molecule has 0 radical (unpaired) electrons. The number of fused-ring (bicyclic) bond motifs is 2. The Morgan fingerprint density at radius 2 is 1.92 bits per heavy atom. The van der Waals surface area contributed by atoms with E-state index in [-0.39, 0.29) is 24.3 Å². The molecule has 2 aliphatic rings. The maximum Gasteiger partial charge on any atom is 0.307 e. The van der Waals surface area contributed by atoms with E-state index in [2.05, 4.69) is 5.32 Å². The maximum absolute atomic E-state index is 12.6. The molecule has 0 aromatic heterocycles. The van der Waals surface area contributed by atoms with Crippen LogP contribution in [0.2, 0.25) is 0 Å². The zero-order chi connectivity index (χ0) is 17.8. The van der Waals surface area contributed by atoms with Crippen LogP contribution >= 0.6 is 0 Å². The molecule has 0 saturated heterocycles.